The number of rotatable bonds is 3. The number of para-hydroxylation sites is 1. The van der Waals surface area contributed by atoms with Crippen molar-refractivity contribution < 1.29 is 0 Å². The summed E-state index contributed by atoms with van der Waals surface area (Å²) in [6.07, 6.45) is 0. The van der Waals surface area contributed by atoms with Crippen molar-refractivity contribution >= 4 is 22.1 Å². The minimum atomic E-state index is 0.995. The Morgan fingerprint density at radius 2 is 1.13 bits per heavy atom. The van der Waals surface area contributed by atoms with Crippen molar-refractivity contribution in [1.82, 2.24) is 5.32 Å². The van der Waals surface area contributed by atoms with Crippen LogP contribution in [0.1, 0.15) is 0 Å². The highest BCUT2D eigenvalue weighted by molar-refractivity contribution is 5.93. The second-order valence-electron chi connectivity index (χ2n) is 5.49. The molecule has 1 nitrogen and oxygen atoms in total. The van der Waals surface area contributed by atoms with Gasteiger partial charge in [0.25, 0.3) is 0 Å². The van der Waals surface area contributed by atoms with Gasteiger partial charge >= 0.3 is 0 Å². The summed E-state index contributed by atoms with van der Waals surface area (Å²) in [6.45, 7) is 0. The van der Waals surface area contributed by atoms with Gasteiger partial charge in [-0.1, -0.05) is 84.9 Å². The maximum absolute atomic E-state index is 4.95. The van der Waals surface area contributed by atoms with E-state index in [0.29, 0.717) is 0 Å². The quantitative estimate of drug-likeness (QED) is 0.435. The summed E-state index contributed by atoms with van der Waals surface area (Å²) in [5, 5.41) is 7.34. The number of hydrogen-bond acceptors (Lipinski definition) is 0. The lowest BCUT2D eigenvalue weighted by molar-refractivity contribution is 1.20. The van der Waals surface area contributed by atoms with Crippen LogP contribution < -0.4 is 5.32 Å². The van der Waals surface area contributed by atoms with Gasteiger partial charge in [0.05, 0.1) is 11.4 Å². The Morgan fingerprint density at radius 1 is 0.478 bits per heavy atom. The number of fused-ring (bicyclic) bond motifs is 1. The molecule has 0 bridgehead atoms. The van der Waals surface area contributed by atoms with Crippen molar-refractivity contribution in [2.45, 2.75) is 0 Å². The molecule has 0 heterocycles. The zero-order valence-corrected chi connectivity index (χ0v) is 12.7. The fraction of sp³-hybridized carbons (Fsp3) is 0. The van der Waals surface area contributed by atoms with Gasteiger partial charge in [-0.15, -0.1) is 0 Å². The Balaban J connectivity index is 1.80. The number of nitrogens with zero attached hydrogens (tertiary/aromatic N) is 1. The molecule has 0 atom stereocenters. The third kappa shape index (κ3) is 2.69. The van der Waals surface area contributed by atoms with Crippen LogP contribution in [0.5, 0.6) is 0 Å². The molecular weight excluding hydrogens is 278 g/mol. The van der Waals surface area contributed by atoms with Crippen LogP contribution in [0.3, 0.4) is 0 Å². The third-order valence-corrected chi connectivity index (χ3v) is 4.00. The molecule has 1 radical (unpaired) electrons. The van der Waals surface area contributed by atoms with Gasteiger partial charge in [0.1, 0.15) is 0 Å². The highest BCUT2D eigenvalue weighted by atomic mass is 14.9. The standard InChI is InChI=1S/C22H16N/c1-2-9-17(10-3-1)19-14-6-7-15-21(19)23-22-16-8-12-18-11-4-5-13-20(18)22/h1-16H. The first kappa shape index (κ1) is 13.6. The van der Waals surface area contributed by atoms with Crippen molar-refractivity contribution in [2.75, 3.05) is 0 Å². The van der Waals surface area contributed by atoms with Gasteiger partial charge < -0.3 is 0 Å². The number of hydrogen-bond donors (Lipinski definition) is 0. The van der Waals surface area contributed by atoms with Crippen LogP contribution in [0.4, 0.5) is 11.4 Å². The average Bonchev–Trinajstić information content (AvgIpc) is 2.63. The molecule has 0 N–H and O–H groups in total. The summed E-state index contributed by atoms with van der Waals surface area (Å²) in [5.41, 5.74) is 4.34. The maximum atomic E-state index is 4.95. The lowest BCUT2D eigenvalue weighted by Crippen LogP contribution is -1.93. The Bertz CT molecular complexity index is 937. The molecule has 4 aromatic rings. The van der Waals surface area contributed by atoms with E-state index < -0.39 is 0 Å². The summed E-state index contributed by atoms with van der Waals surface area (Å²) in [6, 6.07) is 33.3. The van der Waals surface area contributed by atoms with E-state index in [1.807, 2.05) is 12.1 Å². The Morgan fingerprint density at radius 3 is 2.04 bits per heavy atom. The van der Waals surface area contributed by atoms with Crippen molar-refractivity contribution in [2.24, 2.45) is 0 Å². The minimum absolute atomic E-state index is 0.995. The molecule has 0 spiro atoms. The van der Waals surface area contributed by atoms with Crippen LogP contribution in [-0.4, -0.2) is 0 Å². The molecule has 0 aliphatic carbocycles. The molecule has 0 aromatic heterocycles. The molecule has 0 amide bonds. The molecule has 0 aliphatic rings. The van der Waals surface area contributed by atoms with Gasteiger partial charge in [0, 0.05) is 10.9 Å². The Labute approximate surface area is 136 Å². The fourth-order valence-corrected chi connectivity index (χ4v) is 2.87. The van der Waals surface area contributed by atoms with Gasteiger partial charge in [-0.2, -0.15) is 0 Å². The minimum Gasteiger partial charge on any atom is -0.248 e. The second kappa shape index (κ2) is 5.98. The average molecular weight is 294 g/mol. The topological polar surface area (TPSA) is 14.1 Å². The summed E-state index contributed by atoms with van der Waals surface area (Å²) < 4.78 is 0. The van der Waals surface area contributed by atoms with Crippen LogP contribution in [-0.2, 0) is 0 Å². The van der Waals surface area contributed by atoms with E-state index in [9.17, 15) is 0 Å². The zero-order chi connectivity index (χ0) is 15.5. The molecular formula is C22H16N. The first-order chi connectivity index (χ1) is 11.4. The molecule has 0 aliphatic heterocycles. The van der Waals surface area contributed by atoms with Gasteiger partial charge in [-0.3, -0.25) is 0 Å². The van der Waals surface area contributed by atoms with E-state index in [2.05, 4.69) is 84.9 Å². The molecule has 0 unspecified atom stereocenters. The molecule has 0 saturated carbocycles. The molecule has 1 heteroatoms. The highest BCUT2D eigenvalue weighted by Gasteiger charge is 2.08. The van der Waals surface area contributed by atoms with Gasteiger partial charge in [0.15, 0.2) is 0 Å². The summed E-state index contributed by atoms with van der Waals surface area (Å²) >= 11 is 0. The van der Waals surface area contributed by atoms with Crippen LogP contribution in [0.2, 0.25) is 0 Å². The molecule has 23 heavy (non-hydrogen) atoms. The van der Waals surface area contributed by atoms with Crippen molar-refractivity contribution in [3.05, 3.63) is 97.1 Å². The van der Waals surface area contributed by atoms with Gasteiger partial charge in [-0.25, -0.2) is 5.32 Å². The molecule has 4 rings (SSSR count). The van der Waals surface area contributed by atoms with Crippen LogP contribution in [0.15, 0.2) is 97.1 Å². The SMILES string of the molecule is c1ccc(-c2ccccc2[N]c2cccc3ccccc23)cc1. The summed E-state index contributed by atoms with van der Waals surface area (Å²) in [5.74, 6) is 0. The third-order valence-electron chi connectivity index (χ3n) is 4.00. The normalized spacial score (nSPS) is 10.6. The van der Waals surface area contributed by atoms with Gasteiger partial charge in [-0.05, 0) is 23.1 Å². The monoisotopic (exact) mass is 294 g/mol. The fourth-order valence-electron chi connectivity index (χ4n) is 2.87. The van der Waals surface area contributed by atoms with E-state index in [1.54, 1.807) is 0 Å². The second-order valence-corrected chi connectivity index (χ2v) is 5.49. The molecule has 109 valence electrons. The number of benzene rings is 4. The first-order valence-electron chi connectivity index (χ1n) is 7.76. The zero-order valence-electron chi connectivity index (χ0n) is 12.7. The maximum Gasteiger partial charge on any atom is 0.0715 e. The largest absolute Gasteiger partial charge is 0.248 e. The highest BCUT2D eigenvalue weighted by Crippen LogP contribution is 2.32. The molecule has 0 fully saturated rings. The van der Waals surface area contributed by atoms with E-state index in [1.165, 1.54) is 16.3 Å². The Kier molecular flexibility index (Phi) is 3.53. The lowest BCUT2D eigenvalue weighted by atomic mass is 10.0. The first-order valence-corrected chi connectivity index (χ1v) is 7.76. The summed E-state index contributed by atoms with van der Waals surface area (Å²) in [7, 11) is 0. The van der Waals surface area contributed by atoms with Crippen molar-refractivity contribution in [3.8, 4) is 11.1 Å². The molecule has 4 aromatic carbocycles. The lowest BCUT2D eigenvalue weighted by Gasteiger charge is -2.11. The van der Waals surface area contributed by atoms with E-state index in [4.69, 9.17) is 5.32 Å². The van der Waals surface area contributed by atoms with E-state index in [0.717, 1.165) is 16.9 Å². The smallest absolute Gasteiger partial charge is 0.0715 e. The van der Waals surface area contributed by atoms with Gasteiger partial charge in [0.2, 0.25) is 0 Å². The van der Waals surface area contributed by atoms with Crippen LogP contribution >= 0.6 is 0 Å². The predicted molar refractivity (Wildman–Crippen MR) is 97.3 cm³/mol. The Hall–Kier alpha value is -3.06. The van der Waals surface area contributed by atoms with Crippen LogP contribution in [0.25, 0.3) is 21.9 Å². The van der Waals surface area contributed by atoms with Crippen molar-refractivity contribution in [3.63, 3.8) is 0 Å². The molecule has 0 saturated heterocycles. The van der Waals surface area contributed by atoms with Crippen molar-refractivity contribution in [1.29, 1.82) is 0 Å². The van der Waals surface area contributed by atoms with E-state index >= 15 is 0 Å². The van der Waals surface area contributed by atoms with E-state index in [-0.39, 0.29) is 0 Å². The van der Waals surface area contributed by atoms with Crippen LogP contribution in [0, 0.1) is 0 Å². The summed E-state index contributed by atoms with van der Waals surface area (Å²) in [4.78, 5) is 0. The predicted octanol–water partition coefficient (Wildman–Crippen LogP) is 6.07.